The van der Waals surface area contributed by atoms with E-state index in [0.717, 1.165) is 53.7 Å². The minimum atomic E-state index is -0.205. The van der Waals surface area contributed by atoms with E-state index in [1.807, 2.05) is 36.4 Å². The molecule has 194 valence electrons. The van der Waals surface area contributed by atoms with Gasteiger partial charge < -0.3 is 15.7 Å². The maximum Gasteiger partial charge on any atom is 0.234 e. The minimum Gasteiger partial charge on any atom is -0.393 e. The van der Waals surface area contributed by atoms with E-state index in [0.29, 0.717) is 16.6 Å². The van der Waals surface area contributed by atoms with Gasteiger partial charge in [-0.2, -0.15) is 0 Å². The number of anilines is 4. The molecule has 3 N–H and O–H groups in total. The van der Waals surface area contributed by atoms with Gasteiger partial charge in [-0.25, -0.2) is 9.97 Å². The van der Waals surface area contributed by atoms with Gasteiger partial charge in [0.05, 0.1) is 22.0 Å². The fourth-order valence-corrected chi connectivity index (χ4v) is 6.07. The number of fused-ring (bicyclic) bond motifs is 1. The molecular formula is C29H29N5O3S. The summed E-state index contributed by atoms with van der Waals surface area (Å²) in [6, 6.07) is 20.2. The molecule has 0 spiro atoms. The van der Waals surface area contributed by atoms with Gasteiger partial charge >= 0.3 is 0 Å². The van der Waals surface area contributed by atoms with Crippen molar-refractivity contribution in [3.05, 3.63) is 71.8 Å². The molecule has 1 saturated heterocycles. The number of carbonyl (C=O) groups excluding carboxylic acids is 2. The molecule has 1 aliphatic heterocycles. The minimum absolute atomic E-state index is 0.163. The highest BCUT2D eigenvalue weighted by Gasteiger charge is 2.30. The third kappa shape index (κ3) is 5.39. The first-order valence-corrected chi connectivity index (χ1v) is 13.8. The predicted octanol–water partition coefficient (Wildman–Crippen LogP) is 5.39. The molecule has 0 unspecified atom stereocenters. The Labute approximate surface area is 224 Å². The van der Waals surface area contributed by atoms with Crippen molar-refractivity contribution >= 4 is 55.8 Å². The van der Waals surface area contributed by atoms with Gasteiger partial charge in [-0.05, 0) is 73.6 Å². The SMILES string of the molecule is O=C1CCC(=O)N1c1ccc2nc(Nc3cc(Cc4ccccc4)cc(NC4CCC(O)CC4)n3)sc2c1. The number of imide groups is 1. The molecular weight excluding hydrogens is 498 g/mol. The van der Waals surface area contributed by atoms with Crippen molar-refractivity contribution in [2.24, 2.45) is 0 Å². The molecule has 4 aromatic rings. The van der Waals surface area contributed by atoms with Crippen molar-refractivity contribution in [1.29, 1.82) is 0 Å². The van der Waals surface area contributed by atoms with Crippen LogP contribution in [0.15, 0.2) is 60.7 Å². The highest BCUT2D eigenvalue weighted by atomic mass is 32.1. The molecule has 3 heterocycles. The zero-order chi connectivity index (χ0) is 26.1. The largest absolute Gasteiger partial charge is 0.393 e. The molecule has 2 aliphatic rings. The van der Waals surface area contributed by atoms with Crippen LogP contribution in [-0.2, 0) is 16.0 Å². The van der Waals surface area contributed by atoms with E-state index < -0.39 is 0 Å². The number of pyridine rings is 1. The second-order valence-electron chi connectivity index (χ2n) is 9.98. The summed E-state index contributed by atoms with van der Waals surface area (Å²) < 4.78 is 0.886. The van der Waals surface area contributed by atoms with E-state index in [1.54, 1.807) is 6.07 Å². The quantitative estimate of drug-likeness (QED) is 0.277. The number of benzene rings is 2. The smallest absolute Gasteiger partial charge is 0.234 e. The van der Waals surface area contributed by atoms with E-state index in [-0.39, 0.29) is 36.8 Å². The first-order valence-electron chi connectivity index (χ1n) is 13.0. The predicted molar refractivity (Wildman–Crippen MR) is 150 cm³/mol. The number of amides is 2. The standard InChI is InChI=1S/C29H29N5O3S/c35-22-9-6-20(7-10-22)30-25-15-19(14-18-4-2-1-3-5-18)16-26(32-25)33-29-31-23-11-8-21(17-24(23)38-29)34-27(36)12-13-28(34)37/h1-5,8,11,15-17,20,22,35H,6-7,9-10,12-14H2,(H2,30,31,32,33). The summed E-state index contributed by atoms with van der Waals surface area (Å²) >= 11 is 1.46. The molecule has 0 bridgehead atoms. The number of hydrogen-bond acceptors (Lipinski definition) is 8. The molecule has 1 aliphatic carbocycles. The molecule has 2 aromatic heterocycles. The molecule has 9 heteroatoms. The molecule has 2 fully saturated rings. The first-order chi connectivity index (χ1) is 18.5. The number of thiazole rings is 1. The van der Waals surface area contributed by atoms with Gasteiger partial charge in [0, 0.05) is 18.9 Å². The highest BCUT2D eigenvalue weighted by molar-refractivity contribution is 7.22. The number of aromatic nitrogens is 2. The van der Waals surface area contributed by atoms with Gasteiger partial charge in [-0.3, -0.25) is 14.5 Å². The highest BCUT2D eigenvalue weighted by Crippen LogP contribution is 2.33. The van der Waals surface area contributed by atoms with E-state index in [9.17, 15) is 14.7 Å². The van der Waals surface area contributed by atoms with Crippen molar-refractivity contribution in [3.63, 3.8) is 0 Å². The Bertz CT molecular complexity index is 1460. The fourth-order valence-electron chi connectivity index (χ4n) is 5.17. The Morgan fingerprint density at radius 3 is 2.37 bits per heavy atom. The van der Waals surface area contributed by atoms with Gasteiger partial charge in [0.15, 0.2) is 5.13 Å². The first kappa shape index (κ1) is 24.5. The molecule has 0 radical (unpaired) electrons. The number of nitrogens with zero attached hydrogens (tertiary/aromatic N) is 3. The van der Waals surface area contributed by atoms with Crippen molar-refractivity contribution in [2.75, 3.05) is 15.5 Å². The Hall–Kier alpha value is -3.82. The summed E-state index contributed by atoms with van der Waals surface area (Å²) in [5, 5.41) is 17.5. The molecule has 1 saturated carbocycles. The Balaban J connectivity index is 1.26. The number of aliphatic hydroxyl groups is 1. The van der Waals surface area contributed by atoms with E-state index in [1.165, 1.54) is 21.8 Å². The number of carbonyl (C=O) groups is 2. The Kier molecular flexibility index (Phi) is 6.78. The summed E-state index contributed by atoms with van der Waals surface area (Å²) in [5.41, 5.74) is 3.73. The summed E-state index contributed by atoms with van der Waals surface area (Å²) in [6.07, 6.45) is 4.52. The van der Waals surface area contributed by atoms with E-state index >= 15 is 0 Å². The van der Waals surface area contributed by atoms with Crippen LogP contribution >= 0.6 is 11.3 Å². The van der Waals surface area contributed by atoms with Gasteiger partial charge in [-0.1, -0.05) is 41.7 Å². The average Bonchev–Trinajstić information content (AvgIpc) is 3.46. The van der Waals surface area contributed by atoms with Gasteiger partial charge in [0.1, 0.15) is 11.6 Å². The maximum absolute atomic E-state index is 12.2. The number of rotatable bonds is 7. The van der Waals surface area contributed by atoms with Gasteiger partial charge in [-0.15, -0.1) is 0 Å². The lowest BCUT2D eigenvalue weighted by Crippen LogP contribution is -2.28. The van der Waals surface area contributed by atoms with Crippen LogP contribution < -0.4 is 15.5 Å². The van der Waals surface area contributed by atoms with Crippen LogP contribution in [0, 0.1) is 0 Å². The second kappa shape index (κ2) is 10.5. The van der Waals surface area contributed by atoms with Crippen LogP contribution in [0.25, 0.3) is 10.2 Å². The molecule has 8 nitrogen and oxygen atoms in total. The molecule has 2 amide bonds. The Morgan fingerprint density at radius 1 is 0.868 bits per heavy atom. The zero-order valence-electron chi connectivity index (χ0n) is 20.9. The third-order valence-corrected chi connectivity index (χ3v) is 8.04. The topological polar surface area (TPSA) is 107 Å². The lowest BCUT2D eigenvalue weighted by Gasteiger charge is -2.27. The van der Waals surface area contributed by atoms with Crippen molar-refractivity contribution < 1.29 is 14.7 Å². The van der Waals surface area contributed by atoms with Crippen molar-refractivity contribution in [3.8, 4) is 0 Å². The van der Waals surface area contributed by atoms with Gasteiger partial charge in [0.25, 0.3) is 0 Å². The van der Waals surface area contributed by atoms with Crippen LogP contribution in [-0.4, -0.2) is 39.0 Å². The van der Waals surface area contributed by atoms with Crippen molar-refractivity contribution in [1.82, 2.24) is 9.97 Å². The summed E-state index contributed by atoms with van der Waals surface area (Å²) in [7, 11) is 0. The number of aliphatic hydroxyl groups excluding tert-OH is 1. The molecule has 6 rings (SSSR count). The summed E-state index contributed by atoms with van der Waals surface area (Å²) in [6.45, 7) is 0. The van der Waals surface area contributed by atoms with E-state index in [2.05, 4.69) is 28.8 Å². The number of hydrogen-bond donors (Lipinski definition) is 3. The maximum atomic E-state index is 12.2. The van der Waals surface area contributed by atoms with Crippen molar-refractivity contribution in [2.45, 2.75) is 57.1 Å². The second-order valence-corrected chi connectivity index (χ2v) is 11.0. The van der Waals surface area contributed by atoms with Crippen LogP contribution in [0.4, 0.5) is 22.5 Å². The van der Waals surface area contributed by atoms with Crippen LogP contribution in [0.1, 0.15) is 49.7 Å². The van der Waals surface area contributed by atoms with Crippen LogP contribution in [0.3, 0.4) is 0 Å². The third-order valence-electron chi connectivity index (χ3n) is 7.10. The molecule has 0 atom stereocenters. The number of nitrogens with one attached hydrogen (secondary N) is 2. The zero-order valence-corrected chi connectivity index (χ0v) is 21.7. The monoisotopic (exact) mass is 527 g/mol. The van der Waals surface area contributed by atoms with Crippen LogP contribution in [0.5, 0.6) is 0 Å². The molecule has 38 heavy (non-hydrogen) atoms. The molecule has 2 aromatic carbocycles. The average molecular weight is 528 g/mol. The lowest BCUT2D eigenvalue weighted by atomic mass is 9.93. The summed E-state index contributed by atoms with van der Waals surface area (Å²) in [4.78, 5) is 35.2. The van der Waals surface area contributed by atoms with Gasteiger partial charge in [0.2, 0.25) is 11.8 Å². The summed E-state index contributed by atoms with van der Waals surface area (Å²) in [5.74, 6) is 1.17. The lowest BCUT2D eigenvalue weighted by molar-refractivity contribution is -0.121. The normalized spacial score (nSPS) is 19.8. The van der Waals surface area contributed by atoms with Crippen LogP contribution in [0.2, 0.25) is 0 Å². The Morgan fingerprint density at radius 2 is 1.61 bits per heavy atom. The fraction of sp³-hybridized carbons (Fsp3) is 0.310. The van der Waals surface area contributed by atoms with E-state index in [4.69, 9.17) is 9.97 Å².